The van der Waals surface area contributed by atoms with Gasteiger partial charge in [0.15, 0.2) is 0 Å². The van der Waals surface area contributed by atoms with Gasteiger partial charge < -0.3 is 0 Å². The van der Waals surface area contributed by atoms with Crippen LogP contribution >= 0.6 is 0 Å². The summed E-state index contributed by atoms with van der Waals surface area (Å²) in [5, 5.41) is 0. The van der Waals surface area contributed by atoms with Gasteiger partial charge in [-0.3, -0.25) is 4.89 Å². The lowest BCUT2D eigenvalue weighted by molar-refractivity contribution is -0.301. The zero-order valence-electron chi connectivity index (χ0n) is 10.2. The quantitative estimate of drug-likeness (QED) is 0.582. The van der Waals surface area contributed by atoms with Crippen LogP contribution in [-0.4, -0.2) is 11.6 Å². The summed E-state index contributed by atoms with van der Waals surface area (Å²) in [7, 11) is 0. The number of rotatable bonds is 3. The van der Waals surface area contributed by atoms with Crippen LogP contribution in [0.4, 0.5) is 0 Å². The first-order valence-corrected chi connectivity index (χ1v) is 5.42. The Kier molecular flexibility index (Phi) is 4.07. The van der Waals surface area contributed by atoms with Crippen LogP contribution in [0.2, 0.25) is 0 Å². The summed E-state index contributed by atoms with van der Waals surface area (Å²) in [5.41, 5.74) is 1.04. The van der Waals surface area contributed by atoms with Crippen molar-refractivity contribution in [2.45, 2.75) is 39.7 Å². The summed E-state index contributed by atoms with van der Waals surface area (Å²) in [6, 6.07) is 7.37. The van der Waals surface area contributed by atoms with Crippen molar-refractivity contribution >= 4 is 5.97 Å². The van der Waals surface area contributed by atoms with Crippen LogP contribution in [0.5, 0.6) is 0 Å². The van der Waals surface area contributed by atoms with Crippen molar-refractivity contribution in [3.8, 4) is 0 Å². The van der Waals surface area contributed by atoms with Crippen LogP contribution in [0.25, 0.3) is 0 Å². The minimum absolute atomic E-state index is 0.438. The Morgan fingerprint density at radius 2 is 1.88 bits per heavy atom. The molecular weight excluding hydrogens is 204 g/mol. The van der Waals surface area contributed by atoms with E-state index < -0.39 is 11.6 Å². The minimum atomic E-state index is -0.489. The van der Waals surface area contributed by atoms with Crippen LogP contribution in [0.1, 0.15) is 43.6 Å². The first-order chi connectivity index (χ1) is 7.44. The Morgan fingerprint density at radius 3 is 2.44 bits per heavy atom. The van der Waals surface area contributed by atoms with Crippen LogP contribution in [0.15, 0.2) is 24.3 Å². The van der Waals surface area contributed by atoms with E-state index >= 15 is 0 Å². The summed E-state index contributed by atoms with van der Waals surface area (Å²) in [6.07, 6.45) is 0.792. The molecule has 0 aromatic heterocycles. The van der Waals surface area contributed by atoms with Crippen LogP contribution in [0, 0.1) is 0 Å². The largest absolute Gasteiger partial charge is 0.373 e. The van der Waals surface area contributed by atoms with Gasteiger partial charge in [0.1, 0.15) is 5.60 Å². The number of benzene rings is 1. The SMILES string of the molecule is CCc1ccccc1C(=O)OOC(C)(C)C. The molecule has 16 heavy (non-hydrogen) atoms. The molecule has 0 radical (unpaired) electrons. The zero-order valence-corrected chi connectivity index (χ0v) is 10.2. The predicted molar refractivity (Wildman–Crippen MR) is 62.1 cm³/mol. The number of carbonyl (C=O) groups is 1. The molecule has 0 atom stereocenters. The van der Waals surface area contributed by atoms with Gasteiger partial charge in [-0.2, -0.15) is 4.89 Å². The Balaban J connectivity index is 2.73. The van der Waals surface area contributed by atoms with Gasteiger partial charge in [0.05, 0.1) is 5.56 Å². The summed E-state index contributed by atoms with van der Waals surface area (Å²) in [6.45, 7) is 7.47. The monoisotopic (exact) mass is 222 g/mol. The molecule has 0 N–H and O–H groups in total. The lowest BCUT2D eigenvalue weighted by Crippen LogP contribution is -2.22. The molecule has 0 bridgehead atoms. The second-order valence-corrected chi connectivity index (χ2v) is 4.58. The molecule has 0 heterocycles. The van der Waals surface area contributed by atoms with E-state index in [0.717, 1.165) is 12.0 Å². The van der Waals surface area contributed by atoms with Gasteiger partial charge in [0.2, 0.25) is 0 Å². The average Bonchev–Trinajstić information content (AvgIpc) is 2.25. The van der Waals surface area contributed by atoms with E-state index in [0.29, 0.717) is 5.56 Å². The molecule has 0 aliphatic heterocycles. The maximum atomic E-state index is 11.7. The molecule has 0 aliphatic rings. The highest BCUT2D eigenvalue weighted by Crippen LogP contribution is 2.14. The van der Waals surface area contributed by atoms with E-state index in [-0.39, 0.29) is 0 Å². The maximum absolute atomic E-state index is 11.7. The van der Waals surface area contributed by atoms with Gasteiger partial charge in [-0.05, 0) is 38.8 Å². The first-order valence-electron chi connectivity index (χ1n) is 5.42. The van der Waals surface area contributed by atoms with Crippen molar-refractivity contribution in [2.24, 2.45) is 0 Å². The lowest BCUT2D eigenvalue weighted by Gasteiger charge is -2.17. The molecule has 1 aromatic carbocycles. The van der Waals surface area contributed by atoms with E-state index in [2.05, 4.69) is 0 Å². The highest BCUT2D eigenvalue weighted by atomic mass is 17.2. The molecule has 0 saturated carbocycles. The van der Waals surface area contributed by atoms with Gasteiger partial charge >= 0.3 is 5.97 Å². The Labute approximate surface area is 96.3 Å². The average molecular weight is 222 g/mol. The summed E-state index contributed by atoms with van der Waals surface area (Å²) in [5.74, 6) is -0.438. The molecule has 1 aromatic rings. The van der Waals surface area contributed by atoms with Crippen LogP contribution < -0.4 is 0 Å². The Bertz CT molecular complexity index is 364. The van der Waals surface area contributed by atoms with Gasteiger partial charge in [-0.15, -0.1) is 0 Å². The number of hydrogen-bond acceptors (Lipinski definition) is 3. The van der Waals surface area contributed by atoms with Crippen LogP contribution in [-0.2, 0) is 16.2 Å². The number of aryl methyl sites for hydroxylation is 1. The number of hydrogen-bond donors (Lipinski definition) is 0. The molecule has 0 unspecified atom stereocenters. The van der Waals surface area contributed by atoms with Crippen LogP contribution in [0.3, 0.4) is 0 Å². The van der Waals surface area contributed by atoms with Crippen molar-refractivity contribution in [1.82, 2.24) is 0 Å². The van der Waals surface area contributed by atoms with Crippen molar-refractivity contribution in [3.05, 3.63) is 35.4 Å². The van der Waals surface area contributed by atoms with E-state index in [4.69, 9.17) is 9.78 Å². The highest BCUT2D eigenvalue weighted by molar-refractivity contribution is 5.90. The van der Waals surface area contributed by atoms with E-state index in [1.807, 2.05) is 45.9 Å². The molecule has 1 rings (SSSR count). The third-order valence-electron chi connectivity index (χ3n) is 1.99. The molecule has 0 saturated heterocycles. The van der Waals surface area contributed by atoms with E-state index in [1.165, 1.54) is 0 Å². The fraction of sp³-hybridized carbons (Fsp3) is 0.462. The second kappa shape index (κ2) is 5.12. The fourth-order valence-electron chi connectivity index (χ4n) is 1.24. The maximum Gasteiger partial charge on any atom is 0.373 e. The fourth-order valence-corrected chi connectivity index (χ4v) is 1.24. The van der Waals surface area contributed by atoms with E-state index in [9.17, 15) is 4.79 Å². The molecule has 0 spiro atoms. The van der Waals surface area contributed by atoms with Crippen molar-refractivity contribution in [1.29, 1.82) is 0 Å². The molecule has 88 valence electrons. The Hall–Kier alpha value is -1.35. The van der Waals surface area contributed by atoms with Gasteiger partial charge in [0, 0.05) is 0 Å². The summed E-state index contributed by atoms with van der Waals surface area (Å²) < 4.78 is 0. The Morgan fingerprint density at radius 1 is 1.25 bits per heavy atom. The number of carbonyl (C=O) groups excluding carboxylic acids is 1. The molecule has 3 heteroatoms. The predicted octanol–water partition coefficient (Wildman–Crippen LogP) is 3.14. The standard InChI is InChI=1S/C13H18O3/c1-5-10-8-6-7-9-11(10)12(14)15-16-13(2,3)4/h6-9H,5H2,1-4H3. The highest BCUT2D eigenvalue weighted by Gasteiger charge is 2.17. The molecular formula is C13H18O3. The molecule has 0 amide bonds. The van der Waals surface area contributed by atoms with E-state index in [1.54, 1.807) is 6.07 Å². The van der Waals surface area contributed by atoms with Gasteiger partial charge in [-0.25, -0.2) is 4.79 Å². The van der Waals surface area contributed by atoms with Gasteiger partial charge in [-0.1, -0.05) is 25.1 Å². The van der Waals surface area contributed by atoms with Crippen molar-refractivity contribution in [2.75, 3.05) is 0 Å². The topological polar surface area (TPSA) is 35.5 Å². The molecule has 0 fully saturated rings. The minimum Gasteiger partial charge on any atom is -0.292 e. The second-order valence-electron chi connectivity index (χ2n) is 4.58. The summed E-state index contributed by atoms with van der Waals surface area (Å²) in [4.78, 5) is 21.5. The first kappa shape index (κ1) is 12.7. The zero-order chi connectivity index (χ0) is 12.2. The normalized spacial score (nSPS) is 11.2. The molecule has 0 aliphatic carbocycles. The molecule has 3 nitrogen and oxygen atoms in total. The lowest BCUT2D eigenvalue weighted by atomic mass is 10.1. The van der Waals surface area contributed by atoms with Gasteiger partial charge in [0.25, 0.3) is 0 Å². The van der Waals surface area contributed by atoms with Crippen molar-refractivity contribution in [3.63, 3.8) is 0 Å². The third-order valence-corrected chi connectivity index (χ3v) is 1.99. The van der Waals surface area contributed by atoms with Crippen molar-refractivity contribution < 1.29 is 14.6 Å². The summed E-state index contributed by atoms with van der Waals surface area (Å²) >= 11 is 0. The third kappa shape index (κ3) is 3.66. The smallest absolute Gasteiger partial charge is 0.292 e.